The fourth-order valence-corrected chi connectivity index (χ4v) is 9.70. The first kappa shape index (κ1) is 50.9. The van der Waals surface area contributed by atoms with E-state index in [1.54, 1.807) is 0 Å². The number of carbonyl (C=O) groups excluding carboxylic acids is 2. The highest BCUT2D eigenvalue weighted by atomic mass is 35.5. The lowest BCUT2D eigenvalue weighted by Gasteiger charge is -2.28. The van der Waals surface area contributed by atoms with Crippen LogP contribution in [-0.4, -0.2) is 63.9 Å². The van der Waals surface area contributed by atoms with Crippen molar-refractivity contribution < 1.29 is 19.5 Å². The third-order valence-electron chi connectivity index (χ3n) is 12.7. The van der Waals surface area contributed by atoms with Crippen LogP contribution in [0, 0.1) is 10.8 Å². The van der Waals surface area contributed by atoms with Crippen molar-refractivity contribution in [1.29, 1.82) is 0 Å². The van der Waals surface area contributed by atoms with Crippen LogP contribution in [0.3, 0.4) is 0 Å². The highest BCUT2D eigenvalue weighted by Gasteiger charge is 2.44. The van der Waals surface area contributed by atoms with Gasteiger partial charge in [-0.2, -0.15) is 10.4 Å². The summed E-state index contributed by atoms with van der Waals surface area (Å²) in [6.45, 7) is 11.8. The molecule has 2 heterocycles. The Labute approximate surface area is 394 Å². The molecule has 2 saturated carbocycles. The lowest BCUT2D eigenvalue weighted by Crippen LogP contribution is -2.32. The first-order chi connectivity index (χ1) is 32.1. The van der Waals surface area contributed by atoms with Gasteiger partial charge in [-0.15, -0.1) is 20.4 Å². The molecular formula is C53H65ClN8O4. The van der Waals surface area contributed by atoms with Crippen LogP contribution in [0.4, 0.5) is 0 Å². The van der Waals surface area contributed by atoms with Crippen molar-refractivity contribution in [2.75, 3.05) is 0 Å². The van der Waals surface area contributed by atoms with Crippen molar-refractivity contribution in [3.63, 3.8) is 0 Å². The van der Waals surface area contributed by atoms with Crippen LogP contribution >= 0.6 is 11.6 Å². The lowest BCUT2D eigenvalue weighted by molar-refractivity contribution is -0.144. The number of hydrogen-bond acceptors (Lipinski definition) is 9. The minimum Gasteiger partial charge on any atom is -0.481 e. The Bertz CT molecular complexity index is 2190. The molecule has 2 aliphatic carbocycles. The number of benzene rings is 4. The number of ketones is 2. The molecular weight excluding hydrogens is 848 g/mol. The topological polar surface area (TPSA) is 180 Å². The maximum Gasteiger partial charge on any atom is 0.304 e. The van der Waals surface area contributed by atoms with Gasteiger partial charge in [0, 0.05) is 40.5 Å². The number of carboxylic acids is 1. The van der Waals surface area contributed by atoms with Gasteiger partial charge in [0.15, 0.2) is 11.6 Å². The molecule has 0 spiro atoms. The fourth-order valence-electron chi connectivity index (χ4n) is 9.44. The third-order valence-corrected chi connectivity index (χ3v) is 12.9. The molecule has 4 aromatic carbocycles. The zero-order chi connectivity index (χ0) is 47.4. The van der Waals surface area contributed by atoms with Crippen LogP contribution in [0.5, 0.6) is 0 Å². The van der Waals surface area contributed by atoms with Crippen LogP contribution in [-0.2, 0) is 27.2 Å². The number of aromatic amines is 2. The molecule has 0 radical (unpaired) electrons. The van der Waals surface area contributed by atoms with Crippen molar-refractivity contribution in [1.82, 2.24) is 41.2 Å². The number of nitrogens with zero attached hydrogens (tertiary/aromatic N) is 6. The van der Waals surface area contributed by atoms with Gasteiger partial charge in [0.05, 0.1) is 6.42 Å². The maximum absolute atomic E-state index is 13.5. The summed E-state index contributed by atoms with van der Waals surface area (Å²) in [5, 5.41) is 39.0. The Morgan fingerprint density at radius 1 is 0.576 bits per heavy atom. The molecule has 348 valence electrons. The second-order valence-electron chi connectivity index (χ2n) is 17.0. The number of nitrogens with one attached hydrogen (secondary N) is 2. The first-order valence-corrected chi connectivity index (χ1v) is 23.9. The van der Waals surface area contributed by atoms with Crippen molar-refractivity contribution in [2.45, 2.75) is 129 Å². The SMILES string of the molecule is C=C(Cl)CC1(C(=O)C[C@@H](Cc2ccc(-c3ccccc3)cc2)c2nn[nH]n2)CCCC1.CC.CC.O=C(O)CC1(C(=O)C[C@@H](Cc2ccc(-c3ccccc3)cc2)c2nn[nH]n2)CCCC1. The predicted molar refractivity (Wildman–Crippen MR) is 261 cm³/mol. The summed E-state index contributed by atoms with van der Waals surface area (Å²) in [7, 11) is 0. The van der Waals surface area contributed by atoms with Crippen molar-refractivity contribution in [3.05, 3.63) is 144 Å². The average molecular weight is 914 g/mol. The van der Waals surface area contributed by atoms with E-state index in [1.165, 1.54) is 11.1 Å². The molecule has 12 nitrogen and oxygen atoms in total. The number of tetrazole rings is 2. The zero-order valence-electron chi connectivity index (χ0n) is 38.9. The van der Waals surface area contributed by atoms with Gasteiger partial charge in [-0.1, -0.05) is 191 Å². The number of carbonyl (C=O) groups is 3. The van der Waals surface area contributed by atoms with Crippen molar-refractivity contribution in [3.8, 4) is 22.3 Å². The minimum atomic E-state index is -0.914. The number of allylic oxidation sites excluding steroid dienone is 1. The first-order valence-electron chi connectivity index (χ1n) is 23.5. The zero-order valence-corrected chi connectivity index (χ0v) is 39.6. The molecule has 2 fully saturated rings. The Hall–Kier alpha value is -6.14. The second-order valence-corrected chi connectivity index (χ2v) is 17.5. The largest absolute Gasteiger partial charge is 0.481 e. The molecule has 2 atom stereocenters. The minimum absolute atomic E-state index is 0.00288. The molecule has 0 amide bonds. The van der Waals surface area contributed by atoms with Gasteiger partial charge in [-0.3, -0.25) is 14.4 Å². The van der Waals surface area contributed by atoms with E-state index in [0.717, 1.165) is 60.8 Å². The van der Waals surface area contributed by atoms with Crippen molar-refractivity contribution in [2.24, 2.45) is 10.8 Å². The Balaban J connectivity index is 0.000000230. The van der Waals surface area contributed by atoms with E-state index in [9.17, 15) is 19.5 Å². The van der Waals surface area contributed by atoms with E-state index in [4.69, 9.17) is 11.6 Å². The number of hydrogen-bond donors (Lipinski definition) is 3. The van der Waals surface area contributed by atoms with E-state index < -0.39 is 16.8 Å². The number of carboxylic acid groups (broad SMARTS) is 1. The fraction of sp³-hybridized carbons (Fsp3) is 0.415. The number of aliphatic carboxylic acids is 1. The molecule has 0 bridgehead atoms. The summed E-state index contributed by atoms with van der Waals surface area (Å²) in [6, 6.07) is 37.2. The molecule has 2 aromatic heterocycles. The molecule has 13 heteroatoms. The maximum atomic E-state index is 13.5. The van der Waals surface area contributed by atoms with E-state index in [1.807, 2.05) is 64.1 Å². The normalized spacial score (nSPS) is 15.3. The molecule has 0 unspecified atom stereocenters. The summed E-state index contributed by atoms with van der Waals surface area (Å²) in [5.41, 5.74) is 5.69. The van der Waals surface area contributed by atoms with E-state index in [0.29, 0.717) is 55.2 Å². The Morgan fingerprint density at radius 2 is 0.924 bits per heavy atom. The van der Waals surface area contributed by atoms with E-state index in [2.05, 4.69) is 121 Å². The number of aromatic nitrogens is 8. The number of rotatable bonds is 18. The van der Waals surface area contributed by atoms with Gasteiger partial charge in [-0.25, -0.2) is 0 Å². The quantitative estimate of drug-likeness (QED) is 0.0751. The second kappa shape index (κ2) is 25.5. The highest BCUT2D eigenvalue weighted by Crippen LogP contribution is 2.47. The third kappa shape index (κ3) is 13.9. The summed E-state index contributed by atoms with van der Waals surface area (Å²) in [4.78, 5) is 38.2. The van der Waals surface area contributed by atoms with Gasteiger partial charge in [-0.05, 0) is 78.3 Å². The monoisotopic (exact) mass is 912 g/mol. The summed E-state index contributed by atoms with van der Waals surface area (Å²) in [6.07, 6.45) is 9.26. The molecule has 66 heavy (non-hydrogen) atoms. The molecule has 3 N–H and O–H groups in total. The van der Waals surface area contributed by atoms with Gasteiger partial charge >= 0.3 is 5.97 Å². The number of Topliss-reactive ketones (excluding diaryl/α,β-unsaturated/α-hetero) is 2. The molecule has 2 aliphatic rings. The summed E-state index contributed by atoms with van der Waals surface area (Å²) < 4.78 is 0. The van der Waals surface area contributed by atoms with Crippen LogP contribution < -0.4 is 0 Å². The van der Waals surface area contributed by atoms with E-state index >= 15 is 0 Å². The number of halogens is 1. The predicted octanol–water partition coefficient (Wildman–Crippen LogP) is 12.1. The number of H-pyrrole nitrogens is 2. The Morgan fingerprint density at radius 3 is 1.24 bits per heavy atom. The molecule has 6 aromatic rings. The molecule has 0 aliphatic heterocycles. The lowest BCUT2D eigenvalue weighted by atomic mass is 9.74. The summed E-state index contributed by atoms with van der Waals surface area (Å²) in [5.74, 6) is 0.0192. The Kier molecular flexibility index (Phi) is 19.7. The van der Waals surface area contributed by atoms with E-state index in [-0.39, 0.29) is 36.2 Å². The van der Waals surface area contributed by atoms with Crippen LogP contribution in [0.2, 0.25) is 0 Å². The highest BCUT2D eigenvalue weighted by molar-refractivity contribution is 6.29. The van der Waals surface area contributed by atoms with Gasteiger partial charge < -0.3 is 5.11 Å². The summed E-state index contributed by atoms with van der Waals surface area (Å²) >= 11 is 6.14. The van der Waals surface area contributed by atoms with Crippen LogP contribution in [0.15, 0.2) is 121 Å². The van der Waals surface area contributed by atoms with Gasteiger partial charge in [0.2, 0.25) is 0 Å². The van der Waals surface area contributed by atoms with Crippen LogP contribution in [0.25, 0.3) is 22.3 Å². The van der Waals surface area contributed by atoms with Gasteiger partial charge in [0.25, 0.3) is 0 Å². The smallest absolute Gasteiger partial charge is 0.304 e. The average Bonchev–Trinajstić information content (AvgIpc) is 4.21. The standard InChI is InChI=1S/C25H27ClN4O.C24H26N4O3.2C2H6/c1-18(26)17-25(13-5-6-14-25)23(31)16-22(24-27-29-30-28-24)15-19-9-11-21(12-10-19)20-7-3-2-4-8-20;29-21(24(16-22(30)31)12-4-5-13-24)15-20(23-25-27-28-26-23)14-17-8-10-19(11-9-17)18-6-2-1-3-7-18;2*1-2/h2-4,7-12,22H,1,5-6,13-17H2,(H,27,28,29,30);1-3,6-11,20H,4-5,12-16H2,(H,30,31)(H,25,26,27,28);2*1-2H3/t22-;20-;;/m11../s1. The van der Waals surface area contributed by atoms with Crippen molar-refractivity contribution >= 4 is 29.1 Å². The van der Waals surface area contributed by atoms with Gasteiger partial charge in [0.1, 0.15) is 11.6 Å². The molecule has 0 saturated heterocycles. The molecule has 8 rings (SSSR count). The van der Waals surface area contributed by atoms with Crippen LogP contribution in [0.1, 0.15) is 139 Å².